The molecule has 21 heavy (non-hydrogen) atoms. The third-order valence-corrected chi connectivity index (χ3v) is 3.70. The molecule has 0 fully saturated rings. The first-order valence-electron chi connectivity index (χ1n) is 7.43. The molecule has 3 N–H and O–H groups in total. The molecule has 0 aromatic heterocycles. The van der Waals surface area contributed by atoms with Crippen molar-refractivity contribution < 1.29 is 10.2 Å². The first-order valence-corrected chi connectivity index (χ1v) is 7.43. The molecule has 2 aromatic carbocycles. The van der Waals surface area contributed by atoms with Crippen molar-refractivity contribution in [1.82, 2.24) is 5.32 Å². The van der Waals surface area contributed by atoms with E-state index in [-0.39, 0.29) is 18.7 Å². The Morgan fingerprint density at radius 3 is 2.29 bits per heavy atom. The van der Waals surface area contributed by atoms with E-state index >= 15 is 0 Å². The lowest BCUT2D eigenvalue weighted by Crippen LogP contribution is -2.37. The van der Waals surface area contributed by atoms with E-state index in [9.17, 15) is 10.2 Å². The maximum atomic E-state index is 9.98. The first kappa shape index (κ1) is 15.5. The van der Waals surface area contributed by atoms with Crippen molar-refractivity contribution in [1.29, 1.82) is 0 Å². The second kappa shape index (κ2) is 7.81. The average Bonchev–Trinajstić information content (AvgIpc) is 2.53. The van der Waals surface area contributed by atoms with E-state index < -0.39 is 0 Å². The van der Waals surface area contributed by atoms with Crippen LogP contribution in [0.3, 0.4) is 0 Å². The van der Waals surface area contributed by atoms with E-state index in [0.29, 0.717) is 5.75 Å². The summed E-state index contributed by atoms with van der Waals surface area (Å²) < 4.78 is 0. The zero-order chi connectivity index (χ0) is 15.1. The number of hydrogen-bond acceptors (Lipinski definition) is 3. The maximum Gasteiger partial charge on any atom is 0.120 e. The van der Waals surface area contributed by atoms with Gasteiger partial charge in [-0.05, 0) is 24.5 Å². The van der Waals surface area contributed by atoms with Crippen LogP contribution in [0.15, 0.2) is 54.6 Å². The van der Waals surface area contributed by atoms with Crippen LogP contribution >= 0.6 is 0 Å². The van der Waals surface area contributed by atoms with Crippen molar-refractivity contribution in [2.24, 2.45) is 0 Å². The van der Waals surface area contributed by atoms with Crippen LogP contribution in [0.4, 0.5) is 0 Å². The van der Waals surface area contributed by atoms with Crippen LogP contribution in [0.2, 0.25) is 0 Å². The van der Waals surface area contributed by atoms with E-state index in [4.69, 9.17) is 0 Å². The molecule has 0 saturated carbocycles. The molecule has 2 aromatic rings. The van der Waals surface area contributed by atoms with Crippen LogP contribution < -0.4 is 5.32 Å². The number of aromatic hydroxyl groups is 1. The molecular weight excluding hydrogens is 262 g/mol. The van der Waals surface area contributed by atoms with E-state index in [1.165, 1.54) is 5.56 Å². The van der Waals surface area contributed by atoms with Crippen molar-refractivity contribution in [2.45, 2.75) is 31.8 Å². The Balaban J connectivity index is 2.07. The molecule has 2 rings (SSSR count). The molecule has 0 amide bonds. The number of hydrogen-bond donors (Lipinski definition) is 3. The maximum absolute atomic E-state index is 9.98. The summed E-state index contributed by atoms with van der Waals surface area (Å²) in [5, 5.41) is 23.1. The standard InChI is InChI=1S/C18H23NO2/c1-2-17(16-10-6-7-11-18(16)21)19-15(13-20)12-14-8-4-3-5-9-14/h3-11,15,17,19-21H,2,12-13H2,1H3/t15-,17?/m1/s1. The second-order valence-electron chi connectivity index (χ2n) is 5.26. The highest BCUT2D eigenvalue weighted by molar-refractivity contribution is 5.34. The zero-order valence-corrected chi connectivity index (χ0v) is 12.4. The molecular formula is C18H23NO2. The van der Waals surface area contributed by atoms with Gasteiger partial charge in [-0.25, -0.2) is 0 Å². The van der Waals surface area contributed by atoms with Crippen LogP contribution in [-0.4, -0.2) is 22.9 Å². The fraction of sp³-hybridized carbons (Fsp3) is 0.333. The van der Waals surface area contributed by atoms with Crippen molar-refractivity contribution >= 4 is 0 Å². The number of phenols is 1. The summed E-state index contributed by atoms with van der Waals surface area (Å²) in [5.41, 5.74) is 2.07. The summed E-state index contributed by atoms with van der Waals surface area (Å²) in [6.45, 7) is 2.14. The van der Waals surface area contributed by atoms with Crippen molar-refractivity contribution in [3.8, 4) is 5.75 Å². The molecule has 3 heteroatoms. The van der Waals surface area contributed by atoms with Crippen molar-refractivity contribution in [3.05, 3.63) is 65.7 Å². The van der Waals surface area contributed by atoms with Gasteiger partial charge in [0.25, 0.3) is 0 Å². The predicted octanol–water partition coefficient (Wildman–Crippen LogP) is 3.04. The van der Waals surface area contributed by atoms with Gasteiger partial charge in [-0.1, -0.05) is 55.5 Å². The molecule has 1 unspecified atom stereocenters. The molecule has 0 aliphatic carbocycles. The normalized spacial score (nSPS) is 13.8. The average molecular weight is 285 g/mol. The van der Waals surface area contributed by atoms with Crippen LogP contribution in [0.25, 0.3) is 0 Å². The third kappa shape index (κ3) is 4.31. The fourth-order valence-electron chi connectivity index (χ4n) is 2.57. The van der Waals surface area contributed by atoms with Crippen LogP contribution in [0.5, 0.6) is 5.75 Å². The van der Waals surface area contributed by atoms with Gasteiger partial charge in [-0.15, -0.1) is 0 Å². The van der Waals surface area contributed by atoms with E-state index in [1.807, 2.05) is 36.4 Å². The molecule has 0 radical (unpaired) electrons. The van der Waals surface area contributed by atoms with Gasteiger partial charge in [0, 0.05) is 17.6 Å². The molecule has 0 bridgehead atoms. The van der Waals surface area contributed by atoms with Gasteiger partial charge in [-0.3, -0.25) is 0 Å². The number of aliphatic hydroxyl groups excluding tert-OH is 1. The Kier molecular flexibility index (Phi) is 5.78. The lowest BCUT2D eigenvalue weighted by molar-refractivity contribution is 0.228. The quantitative estimate of drug-likeness (QED) is 0.733. The largest absolute Gasteiger partial charge is 0.508 e. The van der Waals surface area contributed by atoms with Crippen molar-refractivity contribution in [2.75, 3.05) is 6.61 Å². The van der Waals surface area contributed by atoms with Crippen molar-refractivity contribution in [3.63, 3.8) is 0 Å². The van der Waals surface area contributed by atoms with Crippen LogP contribution in [0, 0.1) is 0 Å². The molecule has 2 atom stereocenters. The Morgan fingerprint density at radius 2 is 1.67 bits per heavy atom. The topological polar surface area (TPSA) is 52.5 Å². The van der Waals surface area contributed by atoms with Gasteiger partial charge < -0.3 is 15.5 Å². The number of rotatable bonds is 7. The van der Waals surface area contributed by atoms with Gasteiger partial charge in [0.05, 0.1) is 6.61 Å². The minimum atomic E-state index is -0.0306. The Hall–Kier alpha value is -1.84. The Bertz CT molecular complexity index is 542. The summed E-state index contributed by atoms with van der Waals surface area (Å²) in [4.78, 5) is 0. The smallest absolute Gasteiger partial charge is 0.120 e. The van der Waals surface area contributed by atoms with E-state index in [0.717, 1.165) is 18.4 Å². The predicted molar refractivity (Wildman–Crippen MR) is 85.3 cm³/mol. The molecule has 3 nitrogen and oxygen atoms in total. The zero-order valence-electron chi connectivity index (χ0n) is 12.4. The number of phenolic OH excluding ortho intramolecular Hbond substituents is 1. The van der Waals surface area contributed by atoms with Gasteiger partial charge >= 0.3 is 0 Å². The molecule has 0 heterocycles. The highest BCUT2D eigenvalue weighted by atomic mass is 16.3. The highest BCUT2D eigenvalue weighted by Gasteiger charge is 2.17. The van der Waals surface area contributed by atoms with Gasteiger partial charge in [0.1, 0.15) is 5.75 Å². The lowest BCUT2D eigenvalue weighted by Gasteiger charge is -2.25. The number of aliphatic hydroxyl groups is 1. The molecule has 0 spiro atoms. The minimum absolute atomic E-state index is 0.0306. The SMILES string of the molecule is CCC(N[C@@H](CO)Cc1ccccc1)c1ccccc1O. The Labute approximate surface area is 126 Å². The molecule has 112 valence electrons. The second-order valence-corrected chi connectivity index (χ2v) is 5.26. The summed E-state index contributed by atoms with van der Waals surface area (Å²) in [5.74, 6) is 0.299. The lowest BCUT2D eigenvalue weighted by atomic mass is 10.00. The molecule has 0 aliphatic heterocycles. The number of nitrogens with one attached hydrogen (secondary N) is 1. The molecule has 0 saturated heterocycles. The number of para-hydroxylation sites is 1. The number of benzene rings is 2. The van der Waals surface area contributed by atoms with Gasteiger partial charge in [0.2, 0.25) is 0 Å². The van der Waals surface area contributed by atoms with Crippen LogP contribution in [-0.2, 0) is 6.42 Å². The minimum Gasteiger partial charge on any atom is -0.508 e. The van der Waals surface area contributed by atoms with E-state index in [2.05, 4.69) is 24.4 Å². The highest BCUT2D eigenvalue weighted by Crippen LogP contribution is 2.26. The Morgan fingerprint density at radius 1 is 1.00 bits per heavy atom. The molecule has 0 aliphatic rings. The van der Waals surface area contributed by atoms with Crippen LogP contribution in [0.1, 0.15) is 30.5 Å². The third-order valence-electron chi connectivity index (χ3n) is 3.70. The summed E-state index contributed by atoms with van der Waals surface area (Å²) in [7, 11) is 0. The summed E-state index contributed by atoms with van der Waals surface area (Å²) in [6, 6.07) is 17.5. The fourth-order valence-corrected chi connectivity index (χ4v) is 2.57. The first-order chi connectivity index (χ1) is 10.2. The van der Waals surface area contributed by atoms with Gasteiger partial charge in [-0.2, -0.15) is 0 Å². The van der Waals surface area contributed by atoms with E-state index in [1.54, 1.807) is 6.07 Å². The monoisotopic (exact) mass is 285 g/mol. The summed E-state index contributed by atoms with van der Waals surface area (Å²) in [6.07, 6.45) is 1.62. The summed E-state index contributed by atoms with van der Waals surface area (Å²) >= 11 is 0. The van der Waals surface area contributed by atoms with Gasteiger partial charge in [0.15, 0.2) is 0 Å².